The fraction of sp³-hybridized carbons (Fsp3) is 0.857. The quantitative estimate of drug-likeness (QED) is 0.814. The highest BCUT2D eigenvalue weighted by Gasteiger charge is 2.28. The molecule has 1 atom stereocenters. The van der Waals surface area contributed by atoms with Gasteiger partial charge in [0, 0.05) is 25.7 Å². The van der Waals surface area contributed by atoms with Gasteiger partial charge in [0.15, 0.2) is 0 Å². The molecule has 0 aromatic rings. The molecule has 5 heteroatoms. The zero-order chi connectivity index (χ0) is 14.4. The van der Waals surface area contributed by atoms with Crippen LogP contribution in [0.4, 0.5) is 4.79 Å². The zero-order valence-corrected chi connectivity index (χ0v) is 12.5. The van der Waals surface area contributed by atoms with Crippen LogP contribution in [0.25, 0.3) is 0 Å². The number of hydrogen-bond acceptors (Lipinski definition) is 2. The SMILES string of the molecule is CC(C)CNC(=O)N1CCC[C@@H](C(=O)NC(C)C)C1. The molecule has 1 rings (SSSR count). The Kier molecular flexibility index (Phi) is 6.12. The maximum atomic E-state index is 12.0. The van der Waals surface area contributed by atoms with E-state index >= 15 is 0 Å². The van der Waals surface area contributed by atoms with Crippen LogP contribution in [0.1, 0.15) is 40.5 Å². The number of amides is 3. The molecule has 1 aliphatic heterocycles. The van der Waals surface area contributed by atoms with Crippen LogP contribution in [0, 0.1) is 11.8 Å². The number of piperidine rings is 1. The van der Waals surface area contributed by atoms with E-state index < -0.39 is 0 Å². The largest absolute Gasteiger partial charge is 0.354 e. The van der Waals surface area contributed by atoms with Crippen LogP contribution in [0.3, 0.4) is 0 Å². The summed E-state index contributed by atoms with van der Waals surface area (Å²) in [5.74, 6) is 0.436. The Hall–Kier alpha value is -1.26. The molecular weight excluding hydrogens is 242 g/mol. The minimum absolute atomic E-state index is 0.0456. The van der Waals surface area contributed by atoms with Gasteiger partial charge < -0.3 is 15.5 Å². The highest BCUT2D eigenvalue weighted by atomic mass is 16.2. The van der Waals surface area contributed by atoms with Gasteiger partial charge in [-0.25, -0.2) is 4.79 Å². The molecule has 19 heavy (non-hydrogen) atoms. The molecule has 0 saturated carbocycles. The smallest absolute Gasteiger partial charge is 0.317 e. The fourth-order valence-electron chi connectivity index (χ4n) is 2.18. The minimum atomic E-state index is -0.0686. The summed E-state index contributed by atoms with van der Waals surface area (Å²) >= 11 is 0. The van der Waals surface area contributed by atoms with Gasteiger partial charge in [0.05, 0.1) is 5.92 Å². The van der Waals surface area contributed by atoms with Crippen molar-refractivity contribution >= 4 is 11.9 Å². The van der Waals surface area contributed by atoms with Gasteiger partial charge in [-0.2, -0.15) is 0 Å². The van der Waals surface area contributed by atoms with E-state index in [1.165, 1.54) is 0 Å². The molecule has 3 amide bonds. The van der Waals surface area contributed by atoms with Gasteiger partial charge in [0.1, 0.15) is 0 Å². The first-order valence-electron chi connectivity index (χ1n) is 7.23. The third-order valence-corrected chi connectivity index (χ3v) is 3.17. The van der Waals surface area contributed by atoms with Crippen LogP contribution in [-0.4, -0.2) is 42.5 Å². The number of hydrogen-bond donors (Lipinski definition) is 2. The van der Waals surface area contributed by atoms with Gasteiger partial charge in [0.2, 0.25) is 5.91 Å². The average Bonchev–Trinajstić information content (AvgIpc) is 2.35. The first kappa shape index (κ1) is 15.8. The third kappa shape index (κ3) is 5.49. The maximum absolute atomic E-state index is 12.0. The van der Waals surface area contributed by atoms with Gasteiger partial charge >= 0.3 is 6.03 Å². The van der Waals surface area contributed by atoms with Gasteiger partial charge in [-0.05, 0) is 32.6 Å². The lowest BCUT2D eigenvalue weighted by Gasteiger charge is -2.32. The van der Waals surface area contributed by atoms with Crippen molar-refractivity contribution in [2.45, 2.75) is 46.6 Å². The number of urea groups is 1. The van der Waals surface area contributed by atoms with E-state index in [2.05, 4.69) is 24.5 Å². The summed E-state index contributed by atoms with van der Waals surface area (Å²) in [6.45, 7) is 9.99. The molecule has 1 aliphatic rings. The van der Waals surface area contributed by atoms with Crippen LogP contribution in [0.2, 0.25) is 0 Å². The number of carbonyl (C=O) groups is 2. The van der Waals surface area contributed by atoms with E-state index in [4.69, 9.17) is 0 Å². The van der Waals surface area contributed by atoms with Crippen LogP contribution in [-0.2, 0) is 4.79 Å². The number of carbonyl (C=O) groups excluding carboxylic acids is 2. The lowest BCUT2D eigenvalue weighted by atomic mass is 9.97. The molecule has 0 spiro atoms. The van der Waals surface area contributed by atoms with Crippen LogP contribution < -0.4 is 10.6 Å². The zero-order valence-electron chi connectivity index (χ0n) is 12.5. The van der Waals surface area contributed by atoms with E-state index in [0.29, 0.717) is 19.0 Å². The van der Waals surface area contributed by atoms with E-state index in [1.54, 1.807) is 4.90 Å². The van der Waals surface area contributed by atoms with Gasteiger partial charge in [-0.3, -0.25) is 4.79 Å². The Labute approximate surface area is 116 Å². The molecule has 2 N–H and O–H groups in total. The van der Waals surface area contributed by atoms with Crippen molar-refractivity contribution in [3.05, 3.63) is 0 Å². The fourth-order valence-corrected chi connectivity index (χ4v) is 2.18. The Morgan fingerprint density at radius 3 is 2.53 bits per heavy atom. The number of nitrogens with zero attached hydrogens (tertiary/aromatic N) is 1. The van der Waals surface area contributed by atoms with Crippen molar-refractivity contribution in [1.29, 1.82) is 0 Å². The van der Waals surface area contributed by atoms with E-state index in [1.807, 2.05) is 13.8 Å². The Morgan fingerprint density at radius 2 is 1.95 bits per heavy atom. The second-order valence-corrected chi connectivity index (χ2v) is 6.03. The summed E-state index contributed by atoms with van der Waals surface area (Å²) in [6.07, 6.45) is 1.76. The Morgan fingerprint density at radius 1 is 1.26 bits per heavy atom. The lowest BCUT2D eigenvalue weighted by molar-refractivity contribution is -0.126. The monoisotopic (exact) mass is 269 g/mol. The summed E-state index contributed by atoms with van der Waals surface area (Å²) in [7, 11) is 0. The second kappa shape index (κ2) is 7.36. The van der Waals surface area contributed by atoms with Crippen molar-refractivity contribution in [3.63, 3.8) is 0 Å². The number of rotatable bonds is 4. The second-order valence-electron chi connectivity index (χ2n) is 6.03. The standard InChI is InChI=1S/C14H27N3O2/c1-10(2)8-15-14(19)17-7-5-6-12(9-17)13(18)16-11(3)4/h10-12H,5-9H2,1-4H3,(H,15,19)(H,16,18)/t12-/m1/s1. The maximum Gasteiger partial charge on any atom is 0.317 e. The van der Waals surface area contributed by atoms with E-state index in [9.17, 15) is 9.59 Å². The molecule has 1 heterocycles. The molecule has 1 fully saturated rings. The predicted molar refractivity (Wildman–Crippen MR) is 75.8 cm³/mol. The summed E-state index contributed by atoms with van der Waals surface area (Å²) in [6, 6.07) is 0.105. The minimum Gasteiger partial charge on any atom is -0.354 e. The number of nitrogens with one attached hydrogen (secondary N) is 2. The number of likely N-dealkylation sites (tertiary alicyclic amines) is 1. The summed E-state index contributed by atoms with van der Waals surface area (Å²) in [5.41, 5.74) is 0. The predicted octanol–water partition coefficient (Wildman–Crippen LogP) is 1.59. The topological polar surface area (TPSA) is 61.4 Å². The first-order valence-corrected chi connectivity index (χ1v) is 7.23. The molecule has 5 nitrogen and oxygen atoms in total. The highest BCUT2D eigenvalue weighted by molar-refractivity contribution is 5.81. The molecule has 110 valence electrons. The van der Waals surface area contributed by atoms with Gasteiger partial charge in [-0.1, -0.05) is 13.8 Å². The Bertz CT molecular complexity index is 316. The van der Waals surface area contributed by atoms with Crippen LogP contribution in [0.5, 0.6) is 0 Å². The molecule has 0 bridgehead atoms. The van der Waals surface area contributed by atoms with Crippen molar-refractivity contribution in [3.8, 4) is 0 Å². The van der Waals surface area contributed by atoms with E-state index in [-0.39, 0.29) is 23.9 Å². The average molecular weight is 269 g/mol. The lowest BCUT2D eigenvalue weighted by Crippen LogP contribution is -2.50. The van der Waals surface area contributed by atoms with Crippen molar-refractivity contribution in [2.75, 3.05) is 19.6 Å². The van der Waals surface area contributed by atoms with Gasteiger partial charge in [0.25, 0.3) is 0 Å². The van der Waals surface area contributed by atoms with Crippen molar-refractivity contribution in [2.24, 2.45) is 11.8 Å². The summed E-state index contributed by atoms with van der Waals surface area (Å²) in [4.78, 5) is 25.7. The third-order valence-electron chi connectivity index (χ3n) is 3.17. The molecule has 0 aliphatic carbocycles. The van der Waals surface area contributed by atoms with Crippen molar-refractivity contribution < 1.29 is 9.59 Å². The molecular formula is C14H27N3O2. The normalized spacial score (nSPS) is 19.7. The van der Waals surface area contributed by atoms with E-state index in [0.717, 1.165) is 19.4 Å². The summed E-state index contributed by atoms with van der Waals surface area (Å²) < 4.78 is 0. The highest BCUT2D eigenvalue weighted by Crippen LogP contribution is 2.16. The van der Waals surface area contributed by atoms with Gasteiger partial charge in [-0.15, -0.1) is 0 Å². The van der Waals surface area contributed by atoms with Crippen molar-refractivity contribution in [1.82, 2.24) is 15.5 Å². The molecule has 0 aromatic heterocycles. The van der Waals surface area contributed by atoms with Crippen LogP contribution in [0.15, 0.2) is 0 Å². The Balaban J connectivity index is 2.45. The van der Waals surface area contributed by atoms with Crippen LogP contribution >= 0.6 is 0 Å². The molecule has 0 radical (unpaired) electrons. The molecule has 0 unspecified atom stereocenters. The molecule has 1 saturated heterocycles. The first-order chi connectivity index (χ1) is 8.90. The molecule has 0 aromatic carbocycles. The summed E-state index contributed by atoms with van der Waals surface area (Å²) in [5, 5.41) is 5.83.